The maximum atomic E-state index is 12.1. The molecule has 166 valence electrons. The minimum Gasteiger partial charge on any atom is -0.349 e. The van der Waals surface area contributed by atoms with Gasteiger partial charge in [-0.05, 0) is 18.2 Å². The molecule has 0 atom stereocenters. The van der Waals surface area contributed by atoms with Crippen LogP contribution in [0.1, 0.15) is 0 Å². The molecule has 1 N–H and O–H groups in total. The number of nitro groups is 1. The normalized spacial score (nSPS) is 11.9. The van der Waals surface area contributed by atoms with Gasteiger partial charge in [-0.3, -0.25) is 10.1 Å². The molecule has 7 rings (SSSR count). The van der Waals surface area contributed by atoms with Gasteiger partial charge in [0.2, 0.25) is 0 Å². The predicted molar refractivity (Wildman–Crippen MR) is 142 cm³/mol. The van der Waals surface area contributed by atoms with Crippen molar-refractivity contribution in [2.75, 3.05) is 5.32 Å². The standard InChI is InChI=1S/C30H19N3O2/c34-33(35)28-18-8-12-22-20-10-2-5-16-26(20)32-27-17-6-3-11-21(27)24-14-7-13-23(30(24)32)19-9-1-4-15-25(19)31-29(22)28/h1-18,31H. The number of fused-ring (bicyclic) bond motifs is 9. The average molecular weight is 454 g/mol. The van der Waals surface area contributed by atoms with Crippen LogP contribution in [0.5, 0.6) is 0 Å². The Balaban J connectivity index is 1.76. The van der Waals surface area contributed by atoms with Crippen LogP contribution in [-0.2, 0) is 0 Å². The van der Waals surface area contributed by atoms with E-state index in [0.717, 1.165) is 44.7 Å². The van der Waals surface area contributed by atoms with Gasteiger partial charge in [0.15, 0.2) is 0 Å². The maximum Gasteiger partial charge on any atom is 0.293 e. The Kier molecular flexibility index (Phi) is 4.08. The molecule has 0 aliphatic carbocycles. The Hall–Kier alpha value is -4.90. The van der Waals surface area contributed by atoms with Gasteiger partial charge in [0.25, 0.3) is 5.69 Å². The van der Waals surface area contributed by atoms with Crippen molar-refractivity contribution < 1.29 is 4.92 Å². The molecule has 1 aliphatic rings. The molecule has 0 radical (unpaired) electrons. The van der Waals surface area contributed by atoms with Gasteiger partial charge in [-0.2, -0.15) is 0 Å². The zero-order chi connectivity index (χ0) is 23.5. The third kappa shape index (κ3) is 2.75. The molecule has 6 aromatic rings. The van der Waals surface area contributed by atoms with Gasteiger partial charge in [0.1, 0.15) is 5.69 Å². The average Bonchev–Trinajstić information content (AvgIpc) is 3.23. The summed E-state index contributed by atoms with van der Waals surface area (Å²) in [5, 5.41) is 17.9. The number of benzene rings is 5. The van der Waals surface area contributed by atoms with E-state index in [1.54, 1.807) is 12.1 Å². The van der Waals surface area contributed by atoms with Crippen LogP contribution < -0.4 is 5.32 Å². The molecule has 2 heterocycles. The Labute approximate surface area is 201 Å². The summed E-state index contributed by atoms with van der Waals surface area (Å²) in [4.78, 5) is 11.8. The molecular formula is C30H19N3O2. The lowest BCUT2D eigenvalue weighted by molar-refractivity contribution is -0.383. The molecule has 0 unspecified atom stereocenters. The SMILES string of the molecule is O=[N+]([O-])c1cccc2c1Nc1ccccc1-c1cccc3c4ccccc4n(c13)-c1ccccc1-2. The van der Waals surface area contributed by atoms with Crippen molar-refractivity contribution in [2.45, 2.75) is 0 Å². The van der Waals surface area contributed by atoms with Crippen LogP contribution >= 0.6 is 0 Å². The highest BCUT2D eigenvalue weighted by atomic mass is 16.6. The van der Waals surface area contributed by atoms with Gasteiger partial charge >= 0.3 is 0 Å². The number of hydrogen-bond acceptors (Lipinski definition) is 3. The van der Waals surface area contributed by atoms with E-state index in [0.29, 0.717) is 5.69 Å². The summed E-state index contributed by atoms with van der Waals surface area (Å²) in [6, 6.07) is 36.2. The molecule has 1 aromatic heterocycles. The Morgan fingerprint density at radius 2 is 1.29 bits per heavy atom. The lowest BCUT2D eigenvalue weighted by Crippen LogP contribution is -2.05. The summed E-state index contributed by atoms with van der Waals surface area (Å²) >= 11 is 0. The molecule has 0 fully saturated rings. The molecule has 0 amide bonds. The first-order valence-corrected chi connectivity index (χ1v) is 11.5. The predicted octanol–water partition coefficient (Wildman–Crippen LogP) is 8.08. The minimum atomic E-state index is -0.319. The number of rotatable bonds is 1. The van der Waals surface area contributed by atoms with E-state index in [4.69, 9.17) is 0 Å². The Bertz CT molecular complexity index is 1820. The van der Waals surface area contributed by atoms with E-state index in [2.05, 4.69) is 64.5 Å². The van der Waals surface area contributed by atoms with E-state index in [9.17, 15) is 10.1 Å². The minimum absolute atomic E-state index is 0.0449. The van der Waals surface area contributed by atoms with Gasteiger partial charge in [-0.15, -0.1) is 0 Å². The smallest absolute Gasteiger partial charge is 0.293 e. The van der Waals surface area contributed by atoms with Crippen molar-refractivity contribution >= 4 is 38.9 Å². The summed E-state index contributed by atoms with van der Waals surface area (Å²) in [6.07, 6.45) is 0. The van der Waals surface area contributed by atoms with Crippen LogP contribution in [0, 0.1) is 10.1 Å². The highest BCUT2D eigenvalue weighted by Gasteiger charge is 2.25. The first-order chi connectivity index (χ1) is 17.2. The van der Waals surface area contributed by atoms with E-state index < -0.39 is 0 Å². The van der Waals surface area contributed by atoms with Gasteiger partial charge in [0.05, 0.1) is 21.6 Å². The first kappa shape index (κ1) is 19.6. The third-order valence-corrected chi connectivity index (χ3v) is 6.85. The van der Waals surface area contributed by atoms with Crippen LogP contribution in [-0.4, -0.2) is 9.49 Å². The largest absolute Gasteiger partial charge is 0.349 e. The summed E-state index contributed by atoms with van der Waals surface area (Å²) in [6.45, 7) is 0. The van der Waals surface area contributed by atoms with Gasteiger partial charge in [-0.25, -0.2) is 0 Å². The lowest BCUT2D eigenvalue weighted by Gasteiger charge is -2.22. The van der Waals surface area contributed by atoms with E-state index in [1.165, 1.54) is 10.8 Å². The molecule has 1 aliphatic heterocycles. The van der Waals surface area contributed by atoms with Crippen molar-refractivity contribution in [3.05, 3.63) is 119 Å². The molecule has 5 nitrogen and oxygen atoms in total. The van der Waals surface area contributed by atoms with Gasteiger partial charge < -0.3 is 9.88 Å². The number of nitrogens with one attached hydrogen (secondary N) is 1. The van der Waals surface area contributed by atoms with Gasteiger partial charge in [0, 0.05) is 44.8 Å². The summed E-state index contributed by atoms with van der Waals surface area (Å²) in [7, 11) is 0. The highest BCUT2D eigenvalue weighted by Crippen LogP contribution is 2.47. The fourth-order valence-electron chi connectivity index (χ4n) is 5.39. The molecule has 35 heavy (non-hydrogen) atoms. The van der Waals surface area contributed by atoms with Crippen LogP contribution in [0.25, 0.3) is 49.7 Å². The van der Waals surface area contributed by atoms with Crippen molar-refractivity contribution in [3.63, 3.8) is 0 Å². The van der Waals surface area contributed by atoms with Crippen LogP contribution in [0.2, 0.25) is 0 Å². The number of hydrogen-bond donors (Lipinski definition) is 1. The first-order valence-electron chi connectivity index (χ1n) is 11.5. The van der Waals surface area contributed by atoms with Crippen molar-refractivity contribution in [2.24, 2.45) is 0 Å². The molecule has 5 aromatic carbocycles. The second kappa shape index (κ2) is 7.30. The second-order valence-corrected chi connectivity index (χ2v) is 8.70. The summed E-state index contributed by atoms with van der Waals surface area (Å²) in [5.41, 5.74) is 8.33. The number of nitro benzene ring substituents is 1. The molecule has 0 spiro atoms. The number of anilines is 2. The van der Waals surface area contributed by atoms with Crippen molar-refractivity contribution in [1.82, 2.24) is 4.57 Å². The zero-order valence-corrected chi connectivity index (χ0v) is 18.6. The van der Waals surface area contributed by atoms with Gasteiger partial charge in [-0.1, -0.05) is 84.9 Å². The van der Waals surface area contributed by atoms with Crippen LogP contribution in [0.3, 0.4) is 0 Å². The quantitative estimate of drug-likeness (QED) is 0.202. The van der Waals surface area contributed by atoms with Crippen LogP contribution in [0.4, 0.5) is 17.1 Å². The number of para-hydroxylation sites is 5. The highest BCUT2D eigenvalue weighted by molar-refractivity contribution is 6.15. The number of nitrogens with zero attached hydrogens (tertiary/aromatic N) is 2. The van der Waals surface area contributed by atoms with E-state index in [-0.39, 0.29) is 10.6 Å². The molecule has 0 bridgehead atoms. The number of aromatic nitrogens is 1. The fourth-order valence-corrected chi connectivity index (χ4v) is 5.39. The monoisotopic (exact) mass is 453 g/mol. The van der Waals surface area contributed by atoms with Crippen LogP contribution in [0.15, 0.2) is 109 Å². The second-order valence-electron chi connectivity index (χ2n) is 8.70. The molecular weight excluding hydrogens is 434 g/mol. The summed E-state index contributed by atoms with van der Waals surface area (Å²) in [5.74, 6) is 0. The van der Waals surface area contributed by atoms with E-state index in [1.807, 2.05) is 42.5 Å². The Morgan fingerprint density at radius 1 is 0.629 bits per heavy atom. The zero-order valence-electron chi connectivity index (χ0n) is 18.6. The lowest BCUT2D eigenvalue weighted by atomic mass is 9.96. The van der Waals surface area contributed by atoms with E-state index >= 15 is 0 Å². The molecule has 0 saturated heterocycles. The molecule has 0 saturated carbocycles. The summed E-state index contributed by atoms with van der Waals surface area (Å²) < 4.78 is 2.31. The fraction of sp³-hybridized carbons (Fsp3) is 0. The topological polar surface area (TPSA) is 60.1 Å². The van der Waals surface area contributed by atoms with Crippen molar-refractivity contribution in [1.29, 1.82) is 0 Å². The Morgan fingerprint density at radius 3 is 2.17 bits per heavy atom. The van der Waals surface area contributed by atoms with Crippen molar-refractivity contribution in [3.8, 4) is 27.9 Å². The molecule has 5 heteroatoms. The third-order valence-electron chi connectivity index (χ3n) is 6.85. The maximum absolute atomic E-state index is 12.1.